The molecule has 0 aliphatic heterocycles. The third kappa shape index (κ3) is 3.67. The number of fused-ring (bicyclic) bond motifs is 1. The number of carbonyl (C=O) groups is 1. The van der Waals surface area contributed by atoms with E-state index in [4.69, 9.17) is 0 Å². The van der Waals surface area contributed by atoms with Crippen LogP contribution in [0.1, 0.15) is 27.9 Å². The van der Waals surface area contributed by atoms with E-state index >= 15 is 0 Å². The third-order valence-corrected chi connectivity index (χ3v) is 4.42. The zero-order chi connectivity index (χ0) is 17.1. The summed E-state index contributed by atoms with van der Waals surface area (Å²) in [5, 5.41) is 4.31. The number of aryl methyl sites for hydroxylation is 3. The molecule has 124 valence electrons. The van der Waals surface area contributed by atoms with Gasteiger partial charge >= 0.3 is 0 Å². The Morgan fingerprint density at radius 1 is 1.04 bits per heavy atom. The van der Waals surface area contributed by atoms with Gasteiger partial charge in [-0.2, -0.15) is 0 Å². The first-order valence-electron chi connectivity index (χ1n) is 8.43. The largest absolute Gasteiger partial charge is 0.358 e. The molecule has 0 atom stereocenters. The van der Waals surface area contributed by atoms with Crippen molar-refractivity contribution in [3.05, 3.63) is 70.4 Å². The van der Waals surface area contributed by atoms with Crippen LogP contribution in [0.3, 0.4) is 0 Å². The molecule has 0 aliphatic rings. The van der Waals surface area contributed by atoms with Crippen LogP contribution in [0.5, 0.6) is 0 Å². The van der Waals surface area contributed by atoms with Crippen LogP contribution in [0.25, 0.3) is 10.9 Å². The first-order chi connectivity index (χ1) is 11.5. The van der Waals surface area contributed by atoms with Crippen molar-refractivity contribution in [1.82, 2.24) is 10.3 Å². The minimum atomic E-state index is 0.0780. The molecule has 3 rings (SSSR count). The molecule has 0 unspecified atom stereocenters. The first-order valence-corrected chi connectivity index (χ1v) is 8.43. The van der Waals surface area contributed by atoms with E-state index in [1.807, 2.05) is 25.1 Å². The second kappa shape index (κ2) is 6.91. The maximum atomic E-state index is 12.1. The summed E-state index contributed by atoms with van der Waals surface area (Å²) in [6, 6.07) is 14.6. The van der Waals surface area contributed by atoms with Gasteiger partial charge in [0.1, 0.15) is 0 Å². The normalized spacial score (nSPS) is 11.0. The maximum Gasteiger partial charge on any atom is 0.224 e. The summed E-state index contributed by atoms with van der Waals surface area (Å²) < 4.78 is 0. The Labute approximate surface area is 143 Å². The lowest BCUT2D eigenvalue weighted by Crippen LogP contribution is -2.27. The van der Waals surface area contributed by atoms with Crippen molar-refractivity contribution in [3.63, 3.8) is 0 Å². The Balaban J connectivity index is 1.61. The van der Waals surface area contributed by atoms with Crippen molar-refractivity contribution in [2.24, 2.45) is 0 Å². The fourth-order valence-corrected chi connectivity index (χ4v) is 3.22. The minimum Gasteiger partial charge on any atom is -0.358 e. The molecule has 3 nitrogen and oxygen atoms in total. The van der Waals surface area contributed by atoms with E-state index in [1.54, 1.807) is 0 Å². The maximum absolute atomic E-state index is 12.1. The smallest absolute Gasteiger partial charge is 0.224 e. The molecular weight excluding hydrogens is 296 g/mol. The Morgan fingerprint density at radius 3 is 2.62 bits per heavy atom. The number of H-pyrrole nitrogens is 1. The molecular formula is C21H24N2O. The van der Waals surface area contributed by atoms with E-state index in [1.165, 1.54) is 33.3 Å². The molecule has 0 fully saturated rings. The van der Waals surface area contributed by atoms with Crippen LogP contribution in [0, 0.1) is 20.8 Å². The molecule has 1 amide bonds. The summed E-state index contributed by atoms with van der Waals surface area (Å²) >= 11 is 0. The standard InChI is InChI=1S/C21H24N2O/c1-14-5-4-6-17(11-14)13-21(24)22-10-9-18-16(3)23-20-8-7-15(2)12-19(18)20/h4-8,11-12,23H,9-10,13H2,1-3H3,(H,22,24). The van der Waals surface area contributed by atoms with Crippen LogP contribution in [0.15, 0.2) is 42.5 Å². The molecule has 0 bridgehead atoms. The van der Waals surface area contributed by atoms with E-state index < -0.39 is 0 Å². The van der Waals surface area contributed by atoms with Crippen LogP contribution in [0.2, 0.25) is 0 Å². The van der Waals surface area contributed by atoms with Gasteiger partial charge in [0.15, 0.2) is 0 Å². The van der Waals surface area contributed by atoms with Gasteiger partial charge in [-0.3, -0.25) is 4.79 Å². The SMILES string of the molecule is Cc1cccc(CC(=O)NCCc2c(C)[nH]c3ccc(C)cc23)c1. The van der Waals surface area contributed by atoms with Crippen molar-refractivity contribution in [2.75, 3.05) is 6.54 Å². The molecule has 0 spiro atoms. The number of nitrogens with one attached hydrogen (secondary N) is 2. The summed E-state index contributed by atoms with van der Waals surface area (Å²) in [6.45, 7) is 6.91. The van der Waals surface area contributed by atoms with E-state index in [0.29, 0.717) is 13.0 Å². The Morgan fingerprint density at radius 2 is 1.83 bits per heavy atom. The number of amides is 1. The van der Waals surface area contributed by atoms with Crippen molar-refractivity contribution in [2.45, 2.75) is 33.6 Å². The van der Waals surface area contributed by atoms with Gasteiger partial charge in [-0.05, 0) is 50.5 Å². The number of benzene rings is 2. The molecule has 24 heavy (non-hydrogen) atoms. The quantitative estimate of drug-likeness (QED) is 0.733. The molecule has 2 aromatic carbocycles. The number of aromatic amines is 1. The van der Waals surface area contributed by atoms with Crippen LogP contribution >= 0.6 is 0 Å². The lowest BCUT2D eigenvalue weighted by Gasteiger charge is -2.07. The Hall–Kier alpha value is -2.55. The molecule has 0 saturated carbocycles. The average molecular weight is 320 g/mol. The van der Waals surface area contributed by atoms with Gasteiger partial charge in [0.25, 0.3) is 0 Å². The van der Waals surface area contributed by atoms with Crippen LogP contribution < -0.4 is 5.32 Å². The van der Waals surface area contributed by atoms with Crippen LogP contribution in [0.4, 0.5) is 0 Å². The minimum absolute atomic E-state index is 0.0780. The van der Waals surface area contributed by atoms with Crippen molar-refractivity contribution < 1.29 is 4.79 Å². The number of carbonyl (C=O) groups excluding carboxylic acids is 1. The van der Waals surface area contributed by atoms with Crippen LogP contribution in [-0.4, -0.2) is 17.4 Å². The van der Waals surface area contributed by atoms with Gasteiger partial charge in [-0.15, -0.1) is 0 Å². The fraction of sp³-hybridized carbons (Fsp3) is 0.286. The lowest BCUT2D eigenvalue weighted by molar-refractivity contribution is -0.120. The highest BCUT2D eigenvalue weighted by molar-refractivity contribution is 5.85. The fourth-order valence-electron chi connectivity index (χ4n) is 3.22. The predicted molar refractivity (Wildman–Crippen MR) is 99.4 cm³/mol. The molecule has 0 aliphatic carbocycles. The van der Waals surface area contributed by atoms with E-state index in [9.17, 15) is 4.79 Å². The first kappa shape index (κ1) is 16.3. The molecule has 3 aromatic rings. The monoisotopic (exact) mass is 320 g/mol. The summed E-state index contributed by atoms with van der Waals surface area (Å²) in [5.74, 6) is 0.0780. The Kier molecular flexibility index (Phi) is 4.70. The molecule has 1 heterocycles. The van der Waals surface area contributed by atoms with Crippen molar-refractivity contribution in [1.29, 1.82) is 0 Å². The van der Waals surface area contributed by atoms with Gasteiger partial charge in [0.2, 0.25) is 5.91 Å². The highest BCUT2D eigenvalue weighted by Gasteiger charge is 2.09. The highest BCUT2D eigenvalue weighted by atomic mass is 16.1. The third-order valence-electron chi connectivity index (χ3n) is 4.42. The number of aromatic nitrogens is 1. The zero-order valence-corrected chi connectivity index (χ0v) is 14.6. The molecule has 1 aromatic heterocycles. The summed E-state index contributed by atoms with van der Waals surface area (Å²) in [5.41, 5.74) is 7.15. The van der Waals surface area contributed by atoms with Gasteiger partial charge in [-0.25, -0.2) is 0 Å². The average Bonchev–Trinajstić information content (AvgIpc) is 2.83. The van der Waals surface area contributed by atoms with E-state index in [0.717, 1.165) is 12.0 Å². The van der Waals surface area contributed by atoms with Gasteiger partial charge < -0.3 is 10.3 Å². The predicted octanol–water partition coefficient (Wildman–Crippen LogP) is 3.99. The second-order valence-corrected chi connectivity index (χ2v) is 6.54. The van der Waals surface area contributed by atoms with Gasteiger partial charge in [-0.1, -0.05) is 41.5 Å². The molecule has 3 heteroatoms. The number of rotatable bonds is 5. The zero-order valence-electron chi connectivity index (χ0n) is 14.6. The topological polar surface area (TPSA) is 44.9 Å². The summed E-state index contributed by atoms with van der Waals surface area (Å²) in [6.07, 6.45) is 1.28. The lowest BCUT2D eigenvalue weighted by atomic mass is 10.1. The number of hydrogen-bond donors (Lipinski definition) is 2. The molecule has 0 saturated heterocycles. The number of hydrogen-bond acceptors (Lipinski definition) is 1. The molecule has 0 radical (unpaired) electrons. The van der Waals surface area contributed by atoms with Crippen molar-refractivity contribution in [3.8, 4) is 0 Å². The molecule has 2 N–H and O–H groups in total. The summed E-state index contributed by atoms with van der Waals surface area (Å²) in [7, 11) is 0. The summed E-state index contributed by atoms with van der Waals surface area (Å²) in [4.78, 5) is 15.6. The van der Waals surface area contributed by atoms with Crippen molar-refractivity contribution >= 4 is 16.8 Å². The van der Waals surface area contributed by atoms with Crippen LogP contribution in [-0.2, 0) is 17.6 Å². The highest BCUT2D eigenvalue weighted by Crippen LogP contribution is 2.23. The van der Waals surface area contributed by atoms with Gasteiger partial charge in [0.05, 0.1) is 6.42 Å². The van der Waals surface area contributed by atoms with E-state index in [2.05, 4.69) is 48.4 Å². The Bertz CT molecular complexity index is 877. The van der Waals surface area contributed by atoms with Gasteiger partial charge in [0, 0.05) is 23.1 Å². The van der Waals surface area contributed by atoms with E-state index in [-0.39, 0.29) is 5.91 Å². The second-order valence-electron chi connectivity index (χ2n) is 6.54.